The summed E-state index contributed by atoms with van der Waals surface area (Å²) in [5.41, 5.74) is 0. The van der Waals surface area contributed by atoms with E-state index in [-0.39, 0.29) is 0 Å². The molecule has 0 aromatic rings. The van der Waals surface area contributed by atoms with Crippen molar-refractivity contribution in [3.63, 3.8) is 0 Å². The first-order valence-electron chi connectivity index (χ1n) is 28.1. The second-order valence-corrected chi connectivity index (χ2v) is 22.5. The number of hydrogen-bond acceptors (Lipinski definition) is 40. The topological polar surface area (TPSA) is 633 Å². The van der Waals surface area contributed by atoms with Gasteiger partial charge in [-0.25, -0.2) is 0 Å². The minimum atomic E-state index is -2.25. The van der Waals surface area contributed by atoms with E-state index in [4.69, 9.17) is 75.8 Å². The van der Waals surface area contributed by atoms with Gasteiger partial charge < -0.3 is 198 Å². The zero-order valence-corrected chi connectivity index (χ0v) is 46.0. The third-order valence-electron chi connectivity index (χ3n) is 16.9. The Labute approximate surface area is 496 Å². The summed E-state index contributed by atoms with van der Waals surface area (Å²) in [5.74, 6) is 0. The van der Waals surface area contributed by atoms with Gasteiger partial charge in [-0.05, 0) is 0 Å². The highest BCUT2D eigenvalue weighted by Crippen LogP contribution is 2.40. The standard InChI is InChI=1S/C48H80O40/c49-1-9-33-17(57)25(65)41(73-9)82-34-10(2-50)75-43(27(67)19(34)59)84-36-12(4-52)77-45(29(69)21(36)61)86-38-14(6-54)79-47(31(71)23(38)63)88-40-16(8-56)80-48(32(72)24(40)64)87-39-15(7-55)78-46(30(70)22(39)62)85-37-13(5-53)76-44(28(68)20(37)60)83-35-11(3-51)74-42(81-33)26(66)18(35)58/h9-72H,1-8H2/t9-,10-,11-,12-,13-,14-,15-,16-,17-,18-,19-,20-,21-,22-,23-,24-,25-,26-,27-,28-,29-,30-,31-,32-,33-,34-,35-,36-,37-,38-,39-,40-,41-,42-,43-,44-,45-,46-,47-,48-/m0/s1. The number of ether oxygens (including phenoxy) is 16. The lowest BCUT2D eigenvalue weighted by Gasteiger charge is -2.50. The summed E-state index contributed by atoms with van der Waals surface area (Å²) in [4.78, 5) is 0. The molecule has 40 nitrogen and oxygen atoms in total. The highest BCUT2D eigenvalue weighted by Gasteiger charge is 2.60. The molecule has 30 saturated heterocycles. The van der Waals surface area contributed by atoms with Crippen molar-refractivity contribution < 1.29 is 198 Å². The minimum absolute atomic E-state index is 1.08. The SMILES string of the molecule is OC[C@@H]1O[C@H]2O[C@@H]3[C@@H](O)[C@H](O)[C@H](O[C@@H]4[C@@H](O)[C@H](O)[C@H](O[C@@H]5[C@@H](O)[C@H](O)[C@H](O[C@@H]6[C@@H](O)[C@H](O)[C@H](O[C@@H]7[C@@H](O)[C@H](O)[C@H](O[C@@H]8[C@@H](O)[C@H](O)[C@H](O[C@@H]9[C@@H](O)[C@H](O)[C@H](O[C@@H]1[C@@H](O)[C@@H]2O)O[C@H]9CO)O[C@H]8CO)O[C@H]7CO)O[C@H]6CO)O[C@H]5CO)O[C@H]4CO)O[C@H]3CO. The predicted molar refractivity (Wildman–Crippen MR) is 261 cm³/mol. The van der Waals surface area contributed by atoms with Crippen LogP contribution in [0.5, 0.6) is 0 Å². The maximum absolute atomic E-state index is 11.4. The van der Waals surface area contributed by atoms with Crippen molar-refractivity contribution in [1.82, 2.24) is 0 Å². The van der Waals surface area contributed by atoms with Crippen LogP contribution in [0.1, 0.15) is 0 Å². The van der Waals surface area contributed by atoms with E-state index in [1.165, 1.54) is 0 Å². The molecule has 0 aliphatic carbocycles. The molecular formula is C48H80O40. The molecule has 0 saturated carbocycles. The molecule has 0 radical (unpaired) electrons. The van der Waals surface area contributed by atoms with Crippen LogP contribution in [0.2, 0.25) is 0 Å². The van der Waals surface area contributed by atoms with Gasteiger partial charge in [-0.15, -0.1) is 0 Å². The Hall–Kier alpha value is -1.60. The first-order chi connectivity index (χ1) is 41.9. The van der Waals surface area contributed by atoms with Crippen LogP contribution in [-0.2, 0) is 75.8 Å². The van der Waals surface area contributed by atoms with Crippen LogP contribution in [0.4, 0.5) is 0 Å². The van der Waals surface area contributed by atoms with Crippen molar-refractivity contribution in [3.8, 4) is 0 Å². The molecule has 30 rings (SSSR count). The Morgan fingerprint density at radius 1 is 0.136 bits per heavy atom. The van der Waals surface area contributed by atoms with Crippen molar-refractivity contribution in [1.29, 1.82) is 0 Å². The van der Waals surface area contributed by atoms with E-state index in [1.807, 2.05) is 0 Å². The molecule has 0 aromatic heterocycles. The van der Waals surface area contributed by atoms with Gasteiger partial charge in [-0.1, -0.05) is 0 Å². The van der Waals surface area contributed by atoms with Crippen LogP contribution >= 0.6 is 0 Å². The van der Waals surface area contributed by atoms with Crippen molar-refractivity contribution >= 4 is 0 Å². The number of rotatable bonds is 8. The maximum atomic E-state index is 11.4. The van der Waals surface area contributed by atoms with Gasteiger partial charge in [-0.2, -0.15) is 0 Å². The normalized spacial score (nSPS) is 55.4. The lowest BCUT2D eigenvalue weighted by molar-refractivity contribution is -0.404. The first kappa shape index (κ1) is 70.7. The molecule has 512 valence electrons. The van der Waals surface area contributed by atoms with Crippen molar-refractivity contribution in [2.45, 2.75) is 246 Å². The summed E-state index contributed by atoms with van der Waals surface area (Å²) >= 11 is 0. The van der Waals surface area contributed by atoms with E-state index in [0.29, 0.717) is 0 Å². The molecule has 88 heavy (non-hydrogen) atoms. The Bertz CT molecular complexity index is 1700. The Morgan fingerprint density at radius 3 is 0.307 bits per heavy atom. The Kier molecular flexibility index (Phi) is 24.1. The molecule has 0 amide bonds. The molecule has 30 fully saturated rings. The van der Waals surface area contributed by atoms with Gasteiger partial charge in [0.25, 0.3) is 0 Å². The monoisotopic (exact) mass is 1300 g/mol. The van der Waals surface area contributed by atoms with Gasteiger partial charge in [0.1, 0.15) is 195 Å². The molecule has 30 aliphatic rings. The second-order valence-electron chi connectivity index (χ2n) is 22.5. The lowest BCUT2D eigenvalue weighted by Crippen LogP contribution is -2.69. The summed E-state index contributed by atoms with van der Waals surface area (Å²) in [5, 5.41) is 265. The van der Waals surface area contributed by atoms with E-state index in [9.17, 15) is 123 Å². The van der Waals surface area contributed by atoms with Crippen LogP contribution in [0.25, 0.3) is 0 Å². The zero-order chi connectivity index (χ0) is 64.1. The summed E-state index contributed by atoms with van der Waals surface area (Å²) in [6, 6.07) is 0. The maximum Gasteiger partial charge on any atom is 0.187 e. The molecule has 40 heteroatoms. The second kappa shape index (κ2) is 30.0. The molecule has 30 aliphatic heterocycles. The van der Waals surface area contributed by atoms with Crippen LogP contribution in [-0.4, -0.2) is 421 Å². The van der Waals surface area contributed by atoms with Gasteiger partial charge >= 0.3 is 0 Å². The third-order valence-corrected chi connectivity index (χ3v) is 16.9. The molecule has 40 atom stereocenters. The van der Waals surface area contributed by atoms with Gasteiger partial charge in [0.15, 0.2) is 50.3 Å². The highest BCUT2D eigenvalue weighted by molar-refractivity contribution is 5.02. The average Bonchev–Trinajstić information content (AvgIpc) is 1.09. The smallest absolute Gasteiger partial charge is 0.187 e. The van der Waals surface area contributed by atoms with Crippen LogP contribution in [0.15, 0.2) is 0 Å². The largest absolute Gasteiger partial charge is 0.394 e. The number of aliphatic hydroxyl groups is 24. The highest BCUT2D eigenvalue weighted by atomic mass is 16.8. The fraction of sp³-hybridized carbons (Fsp3) is 1.00. The van der Waals surface area contributed by atoms with E-state index < -0.39 is 299 Å². The fourth-order valence-corrected chi connectivity index (χ4v) is 11.9. The van der Waals surface area contributed by atoms with Crippen molar-refractivity contribution in [2.75, 3.05) is 52.9 Å². The summed E-state index contributed by atoms with van der Waals surface area (Å²) in [6.07, 6.45) is -82.0. The third kappa shape index (κ3) is 13.8. The Balaban J connectivity index is 0.975. The Morgan fingerprint density at radius 2 is 0.227 bits per heavy atom. The summed E-state index contributed by atoms with van der Waals surface area (Å²) in [7, 11) is 0. The van der Waals surface area contributed by atoms with E-state index in [1.54, 1.807) is 0 Å². The molecular weight excluding hydrogens is 1220 g/mol. The summed E-state index contributed by atoms with van der Waals surface area (Å²) in [6.45, 7) is -8.64. The van der Waals surface area contributed by atoms with Crippen LogP contribution < -0.4 is 0 Å². The average molecular weight is 1300 g/mol. The molecule has 0 unspecified atom stereocenters. The predicted octanol–water partition coefficient (Wildman–Crippen LogP) is -17.4. The van der Waals surface area contributed by atoms with Crippen LogP contribution in [0, 0.1) is 0 Å². The zero-order valence-electron chi connectivity index (χ0n) is 46.0. The van der Waals surface area contributed by atoms with E-state index in [2.05, 4.69) is 0 Å². The van der Waals surface area contributed by atoms with E-state index >= 15 is 0 Å². The summed E-state index contributed by atoms with van der Waals surface area (Å²) < 4.78 is 91.1. The van der Waals surface area contributed by atoms with Crippen molar-refractivity contribution in [3.05, 3.63) is 0 Å². The molecule has 0 aromatic carbocycles. The first-order valence-corrected chi connectivity index (χ1v) is 28.1. The molecule has 24 N–H and O–H groups in total. The van der Waals surface area contributed by atoms with E-state index in [0.717, 1.165) is 0 Å². The van der Waals surface area contributed by atoms with Gasteiger partial charge in [0.05, 0.1) is 52.9 Å². The van der Waals surface area contributed by atoms with Gasteiger partial charge in [-0.3, -0.25) is 0 Å². The number of aliphatic hydroxyl groups excluding tert-OH is 24. The molecule has 30 heterocycles. The number of hydrogen-bond donors (Lipinski definition) is 24. The quantitative estimate of drug-likeness (QED) is 0.107. The van der Waals surface area contributed by atoms with Gasteiger partial charge in [0.2, 0.25) is 0 Å². The minimum Gasteiger partial charge on any atom is -0.394 e. The lowest BCUT2D eigenvalue weighted by atomic mass is 9.94. The van der Waals surface area contributed by atoms with Gasteiger partial charge in [0, 0.05) is 0 Å². The van der Waals surface area contributed by atoms with Crippen LogP contribution in [0.3, 0.4) is 0 Å². The molecule has 0 spiro atoms. The molecule has 16 bridgehead atoms. The fourth-order valence-electron chi connectivity index (χ4n) is 11.9. The van der Waals surface area contributed by atoms with Crippen molar-refractivity contribution in [2.24, 2.45) is 0 Å².